The van der Waals surface area contributed by atoms with Crippen LogP contribution in [-0.2, 0) is 0 Å². The maximum Gasteiger partial charge on any atom is 0.132 e. The number of hydrogen-bond acceptors (Lipinski definition) is 4. The highest BCUT2D eigenvalue weighted by atomic mass is 16.5. The van der Waals surface area contributed by atoms with Crippen molar-refractivity contribution in [1.82, 2.24) is 10.3 Å². The molecule has 2 heterocycles. The predicted octanol–water partition coefficient (Wildman–Crippen LogP) is 0.890. The standard InChI is InChI=1S/C11H17N3O/c1-2-15-10-3-4-13-11(9-10)14-7-5-12-6-8-14/h3-4,9,12H,2,5-8H2,1H3. The number of ether oxygens (including phenoxy) is 1. The number of hydrogen-bond donors (Lipinski definition) is 1. The highest BCUT2D eigenvalue weighted by molar-refractivity contribution is 5.43. The Morgan fingerprint density at radius 1 is 1.47 bits per heavy atom. The molecule has 1 fully saturated rings. The first kappa shape index (κ1) is 10.2. The van der Waals surface area contributed by atoms with Gasteiger partial charge in [0, 0.05) is 38.4 Å². The lowest BCUT2D eigenvalue weighted by molar-refractivity contribution is 0.340. The van der Waals surface area contributed by atoms with Crippen molar-refractivity contribution in [2.45, 2.75) is 6.92 Å². The molecule has 0 unspecified atom stereocenters. The van der Waals surface area contributed by atoms with Gasteiger partial charge in [0.15, 0.2) is 0 Å². The molecular weight excluding hydrogens is 190 g/mol. The molecule has 0 aromatic carbocycles. The van der Waals surface area contributed by atoms with Gasteiger partial charge in [0.2, 0.25) is 0 Å². The zero-order valence-corrected chi connectivity index (χ0v) is 9.07. The Balaban J connectivity index is 2.09. The van der Waals surface area contributed by atoms with Crippen molar-refractivity contribution in [1.29, 1.82) is 0 Å². The van der Waals surface area contributed by atoms with E-state index in [1.807, 2.05) is 25.3 Å². The predicted molar refractivity (Wildman–Crippen MR) is 60.5 cm³/mol. The second-order valence-electron chi connectivity index (χ2n) is 3.52. The Labute approximate surface area is 90.3 Å². The molecule has 0 atom stereocenters. The molecule has 82 valence electrons. The van der Waals surface area contributed by atoms with Gasteiger partial charge in [-0.2, -0.15) is 0 Å². The van der Waals surface area contributed by atoms with Crippen LogP contribution in [0.4, 0.5) is 5.82 Å². The van der Waals surface area contributed by atoms with E-state index in [1.54, 1.807) is 0 Å². The summed E-state index contributed by atoms with van der Waals surface area (Å²) >= 11 is 0. The molecule has 0 spiro atoms. The summed E-state index contributed by atoms with van der Waals surface area (Å²) in [5, 5.41) is 3.32. The van der Waals surface area contributed by atoms with Gasteiger partial charge in [-0.3, -0.25) is 0 Å². The summed E-state index contributed by atoms with van der Waals surface area (Å²) in [7, 11) is 0. The summed E-state index contributed by atoms with van der Waals surface area (Å²) in [6, 6.07) is 3.91. The second kappa shape index (κ2) is 4.98. The summed E-state index contributed by atoms with van der Waals surface area (Å²) in [5.74, 6) is 1.92. The normalized spacial score (nSPS) is 16.5. The van der Waals surface area contributed by atoms with E-state index < -0.39 is 0 Å². The second-order valence-corrected chi connectivity index (χ2v) is 3.52. The molecule has 1 N–H and O–H groups in total. The summed E-state index contributed by atoms with van der Waals surface area (Å²) in [5.41, 5.74) is 0. The number of nitrogens with one attached hydrogen (secondary N) is 1. The Hall–Kier alpha value is -1.29. The molecule has 4 nitrogen and oxygen atoms in total. The molecule has 0 bridgehead atoms. The fraction of sp³-hybridized carbons (Fsp3) is 0.545. The molecule has 0 amide bonds. The third kappa shape index (κ3) is 2.59. The van der Waals surface area contributed by atoms with Crippen molar-refractivity contribution in [3.63, 3.8) is 0 Å². The first-order chi connectivity index (χ1) is 7.40. The molecule has 4 heteroatoms. The van der Waals surface area contributed by atoms with E-state index in [2.05, 4.69) is 15.2 Å². The zero-order chi connectivity index (χ0) is 10.5. The van der Waals surface area contributed by atoms with E-state index in [4.69, 9.17) is 4.74 Å². The molecule has 1 aliphatic rings. The van der Waals surface area contributed by atoms with Gasteiger partial charge in [-0.15, -0.1) is 0 Å². The molecule has 0 aliphatic carbocycles. The monoisotopic (exact) mass is 207 g/mol. The Morgan fingerprint density at radius 3 is 3.00 bits per heavy atom. The summed E-state index contributed by atoms with van der Waals surface area (Å²) in [6.45, 7) is 6.78. The molecule has 1 saturated heterocycles. The molecule has 2 rings (SSSR count). The van der Waals surface area contributed by atoms with E-state index >= 15 is 0 Å². The van der Waals surface area contributed by atoms with Crippen molar-refractivity contribution in [2.75, 3.05) is 37.7 Å². The van der Waals surface area contributed by atoms with E-state index in [0.717, 1.165) is 37.7 Å². The van der Waals surface area contributed by atoms with Crippen LogP contribution in [0.3, 0.4) is 0 Å². The van der Waals surface area contributed by atoms with E-state index in [-0.39, 0.29) is 0 Å². The van der Waals surface area contributed by atoms with Crippen molar-refractivity contribution in [3.8, 4) is 5.75 Å². The van der Waals surface area contributed by atoms with Gasteiger partial charge in [-0.1, -0.05) is 0 Å². The third-order valence-corrected chi connectivity index (χ3v) is 2.47. The van der Waals surface area contributed by atoms with Crippen LogP contribution in [0.1, 0.15) is 6.92 Å². The van der Waals surface area contributed by atoms with Crippen LogP contribution in [0.15, 0.2) is 18.3 Å². The van der Waals surface area contributed by atoms with E-state index in [0.29, 0.717) is 6.61 Å². The van der Waals surface area contributed by atoms with Crippen LogP contribution in [0, 0.1) is 0 Å². The largest absolute Gasteiger partial charge is 0.494 e. The first-order valence-corrected chi connectivity index (χ1v) is 5.44. The minimum absolute atomic E-state index is 0.699. The van der Waals surface area contributed by atoms with E-state index in [1.165, 1.54) is 0 Å². The molecule has 15 heavy (non-hydrogen) atoms. The van der Waals surface area contributed by atoms with Crippen molar-refractivity contribution >= 4 is 5.82 Å². The Kier molecular flexibility index (Phi) is 3.40. The van der Waals surface area contributed by atoms with Gasteiger partial charge in [-0.25, -0.2) is 4.98 Å². The topological polar surface area (TPSA) is 37.4 Å². The van der Waals surface area contributed by atoms with Gasteiger partial charge in [-0.05, 0) is 13.0 Å². The summed E-state index contributed by atoms with van der Waals surface area (Å²) in [6.07, 6.45) is 1.81. The number of aromatic nitrogens is 1. The first-order valence-electron chi connectivity index (χ1n) is 5.44. The maximum atomic E-state index is 5.46. The fourth-order valence-corrected chi connectivity index (χ4v) is 1.72. The van der Waals surface area contributed by atoms with Gasteiger partial charge < -0.3 is 15.0 Å². The van der Waals surface area contributed by atoms with Crippen molar-refractivity contribution < 1.29 is 4.74 Å². The van der Waals surface area contributed by atoms with Crippen molar-refractivity contribution in [2.24, 2.45) is 0 Å². The van der Waals surface area contributed by atoms with E-state index in [9.17, 15) is 0 Å². The number of nitrogens with zero attached hydrogens (tertiary/aromatic N) is 2. The lowest BCUT2D eigenvalue weighted by Crippen LogP contribution is -2.43. The SMILES string of the molecule is CCOc1ccnc(N2CCNCC2)c1. The molecule has 1 aliphatic heterocycles. The molecule has 1 aromatic heterocycles. The average Bonchev–Trinajstić information content (AvgIpc) is 2.31. The quantitative estimate of drug-likeness (QED) is 0.798. The Morgan fingerprint density at radius 2 is 2.27 bits per heavy atom. The zero-order valence-electron chi connectivity index (χ0n) is 9.07. The van der Waals surface area contributed by atoms with Crippen LogP contribution >= 0.6 is 0 Å². The van der Waals surface area contributed by atoms with Crippen LogP contribution in [0.2, 0.25) is 0 Å². The minimum atomic E-state index is 0.699. The molecule has 1 aromatic rings. The highest BCUT2D eigenvalue weighted by Crippen LogP contribution is 2.18. The third-order valence-electron chi connectivity index (χ3n) is 2.47. The summed E-state index contributed by atoms with van der Waals surface area (Å²) < 4.78 is 5.46. The van der Waals surface area contributed by atoms with Crippen molar-refractivity contribution in [3.05, 3.63) is 18.3 Å². The lowest BCUT2D eigenvalue weighted by atomic mass is 10.3. The van der Waals surface area contributed by atoms with Crippen LogP contribution < -0.4 is 15.0 Å². The van der Waals surface area contributed by atoms with Gasteiger partial charge >= 0.3 is 0 Å². The van der Waals surface area contributed by atoms with Gasteiger partial charge in [0.05, 0.1) is 6.61 Å². The molecule has 0 saturated carbocycles. The number of pyridine rings is 1. The number of anilines is 1. The fourth-order valence-electron chi connectivity index (χ4n) is 1.72. The smallest absolute Gasteiger partial charge is 0.132 e. The highest BCUT2D eigenvalue weighted by Gasteiger charge is 2.11. The lowest BCUT2D eigenvalue weighted by Gasteiger charge is -2.28. The minimum Gasteiger partial charge on any atom is -0.494 e. The number of piperazine rings is 1. The van der Waals surface area contributed by atoms with Gasteiger partial charge in [0.1, 0.15) is 11.6 Å². The number of rotatable bonds is 3. The van der Waals surface area contributed by atoms with Crippen LogP contribution in [0.25, 0.3) is 0 Å². The maximum absolute atomic E-state index is 5.46. The molecule has 0 radical (unpaired) electrons. The Bertz CT molecular complexity index is 310. The summed E-state index contributed by atoms with van der Waals surface area (Å²) in [4.78, 5) is 6.64. The molecular formula is C11H17N3O. The average molecular weight is 207 g/mol. The van der Waals surface area contributed by atoms with Crippen LogP contribution in [-0.4, -0.2) is 37.8 Å². The van der Waals surface area contributed by atoms with Crippen LogP contribution in [0.5, 0.6) is 5.75 Å². The van der Waals surface area contributed by atoms with Gasteiger partial charge in [0.25, 0.3) is 0 Å².